The van der Waals surface area contributed by atoms with Gasteiger partial charge in [0.05, 0.1) is 20.3 Å². The number of nitrogens with one attached hydrogen (secondary N) is 1. The van der Waals surface area contributed by atoms with Gasteiger partial charge in [0, 0.05) is 13.3 Å². The van der Waals surface area contributed by atoms with Crippen molar-refractivity contribution in [1.29, 1.82) is 0 Å². The van der Waals surface area contributed by atoms with E-state index in [1.807, 2.05) is 30.3 Å². The summed E-state index contributed by atoms with van der Waals surface area (Å²) in [6.07, 6.45) is 1.71. The zero-order valence-corrected chi connectivity index (χ0v) is 16.1. The van der Waals surface area contributed by atoms with E-state index in [1.54, 1.807) is 31.4 Å². The highest BCUT2D eigenvalue weighted by Crippen LogP contribution is 2.17. The van der Waals surface area contributed by atoms with Crippen LogP contribution in [-0.4, -0.2) is 37.9 Å². The number of rotatable bonds is 8. The van der Waals surface area contributed by atoms with E-state index in [0.29, 0.717) is 11.3 Å². The van der Waals surface area contributed by atoms with Crippen molar-refractivity contribution < 1.29 is 23.9 Å². The molecule has 0 bridgehead atoms. The zero-order chi connectivity index (χ0) is 20.5. The minimum Gasteiger partial charge on any atom is -0.497 e. The molecule has 2 aromatic carbocycles. The molecule has 0 aliphatic heterocycles. The van der Waals surface area contributed by atoms with E-state index in [1.165, 1.54) is 20.1 Å². The number of hydrogen-bond acceptors (Lipinski definition) is 5. The van der Waals surface area contributed by atoms with Gasteiger partial charge in [-0.25, -0.2) is 4.79 Å². The fourth-order valence-corrected chi connectivity index (χ4v) is 2.70. The van der Waals surface area contributed by atoms with E-state index in [-0.39, 0.29) is 17.9 Å². The Kier molecular flexibility index (Phi) is 7.51. The molecule has 146 valence electrons. The fourth-order valence-electron chi connectivity index (χ4n) is 2.70. The van der Waals surface area contributed by atoms with Gasteiger partial charge < -0.3 is 14.8 Å². The topological polar surface area (TPSA) is 81.7 Å². The molecule has 1 N–H and O–H groups in total. The maximum atomic E-state index is 13.1. The zero-order valence-electron chi connectivity index (χ0n) is 16.1. The predicted octanol–water partition coefficient (Wildman–Crippen LogP) is 2.57. The monoisotopic (exact) mass is 381 g/mol. The second kappa shape index (κ2) is 10.1. The number of carbonyl (C=O) groups is 3. The first-order chi connectivity index (χ1) is 13.4. The van der Waals surface area contributed by atoms with E-state index in [0.717, 1.165) is 5.56 Å². The Morgan fingerprint density at radius 1 is 1.00 bits per heavy atom. The van der Waals surface area contributed by atoms with Gasteiger partial charge in [-0.05, 0) is 29.3 Å². The normalized spacial score (nSPS) is 12.0. The van der Waals surface area contributed by atoms with Gasteiger partial charge in [-0.3, -0.25) is 9.59 Å². The lowest BCUT2D eigenvalue weighted by atomic mass is 9.96. The molecule has 2 rings (SSSR count). The van der Waals surface area contributed by atoms with E-state index in [2.05, 4.69) is 5.32 Å². The molecule has 0 aliphatic carbocycles. The highest BCUT2D eigenvalue weighted by molar-refractivity contribution is 6.22. The number of esters is 1. The van der Waals surface area contributed by atoms with Crippen LogP contribution >= 0.6 is 0 Å². The Balaban J connectivity index is 2.37. The second-order valence-corrected chi connectivity index (χ2v) is 6.13. The minimum absolute atomic E-state index is 0.137. The minimum atomic E-state index is -0.886. The van der Waals surface area contributed by atoms with Gasteiger partial charge in [-0.15, -0.1) is 0 Å². The Hall–Kier alpha value is -3.41. The summed E-state index contributed by atoms with van der Waals surface area (Å²) in [7, 11) is 2.76. The lowest BCUT2D eigenvalue weighted by Crippen LogP contribution is -2.43. The van der Waals surface area contributed by atoms with Gasteiger partial charge in [0.15, 0.2) is 5.78 Å². The third-order valence-electron chi connectivity index (χ3n) is 4.07. The molecule has 6 heteroatoms. The molecule has 0 spiro atoms. The standard InChI is InChI=1S/C22H23NO5/c1-15(24)23-20(14-16-7-5-4-6-8-16)21(25)19(22(26)28-3)13-17-9-11-18(27-2)12-10-17/h4-13,20H,14H2,1-3H3,(H,23,24)/b19-13-/t20-/m0/s1. The van der Waals surface area contributed by atoms with Gasteiger partial charge in [-0.2, -0.15) is 0 Å². The Bertz CT molecular complexity index is 856. The van der Waals surface area contributed by atoms with Crippen LogP contribution in [0.2, 0.25) is 0 Å². The molecule has 2 aromatic rings. The first-order valence-electron chi connectivity index (χ1n) is 8.74. The molecule has 0 saturated heterocycles. The Morgan fingerprint density at radius 3 is 2.18 bits per heavy atom. The number of carbonyl (C=O) groups excluding carboxylic acids is 3. The fraction of sp³-hybridized carbons (Fsp3) is 0.227. The number of hydrogen-bond donors (Lipinski definition) is 1. The van der Waals surface area contributed by atoms with Gasteiger partial charge in [0.25, 0.3) is 0 Å². The van der Waals surface area contributed by atoms with Crippen molar-refractivity contribution in [1.82, 2.24) is 5.32 Å². The number of ether oxygens (including phenoxy) is 2. The van der Waals surface area contributed by atoms with Crippen LogP contribution in [0.4, 0.5) is 0 Å². The first kappa shape index (κ1) is 20.9. The highest BCUT2D eigenvalue weighted by atomic mass is 16.5. The molecular formula is C22H23NO5. The molecule has 0 aliphatic rings. The quantitative estimate of drug-likeness (QED) is 0.329. The van der Waals surface area contributed by atoms with Crippen LogP contribution in [0.15, 0.2) is 60.2 Å². The maximum Gasteiger partial charge on any atom is 0.341 e. The van der Waals surface area contributed by atoms with E-state index in [9.17, 15) is 14.4 Å². The number of Topliss-reactive ketones (excluding diaryl/α,β-unsaturated/α-hetero) is 1. The van der Waals surface area contributed by atoms with Crippen molar-refractivity contribution in [2.75, 3.05) is 14.2 Å². The lowest BCUT2D eigenvalue weighted by molar-refractivity contribution is -0.138. The van der Waals surface area contributed by atoms with Crippen LogP contribution in [0.5, 0.6) is 5.75 Å². The van der Waals surface area contributed by atoms with Gasteiger partial charge in [-0.1, -0.05) is 42.5 Å². The average molecular weight is 381 g/mol. The molecule has 0 fully saturated rings. The molecule has 0 aromatic heterocycles. The largest absolute Gasteiger partial charge is 0.497 e. The molecule has 1 atom stereocenters. The van der Waals surface area contributed by atoms with Crippen molar-refractivity contribution in [3.63, 3.8) is 0 Å². The first-order valence-corrected chi connectivity index (χ1v) is 8.74. The van der Waals surface area contributed by atoms with E-state index >= 15 is 0 Å². The van der Waals surface area contributed by atoms with Gasteiger partial charge >= 0.3 is 5.97 Å². The molecule has 0 radical (unpaired) electrons. The Labute approximate surface area is 164 Å². The lowest BCUT2D eigenvalue weighted by Gasteiger charge is -2.18. The molecule has 1 amide bonds. The molecule has 6 nitrogen and oxygen atoms in total. The van der Waals surface area contributed by atoms with Crippen LogP contribution in [0, 0.1) is 0 Å². The van der Waals surface area contributed by atoms with Gasteiger partial charge in [0.2, 0.25) is 5.91 Å². The average Bonchev–Trinajstić information content (AvgIpc) is 2.71. The van der Waals surface area contributed by atoms with Crippen LogP contribution in [0.3, 0.4) is 0 Å². The number of methoxy groups -OCH3 is 2. The summed E-state index contributed by atoms with van der Waals surface area (Å²) in [4.78, 5) is 37.0. The van der Waals surface area contributed by atoms with Crippen molar-refractivity contribution in [3.8, 4) is 5.75 Å². The highest BCUT2D eigenvalue weighted by Gasteiger charge is 2.28. The summed E-state index contributed by atoms with van der Waals surface area (Å²) in [6.45, 7) is 1.33. The summed E-state index contributed by atoms with van der Waals surface area (Å²) in [6, 6.07) is 15.3. The summed E-state index contributed by atoms with van der Waals surface area (Å²) in [5.41, 5.74) is 1.36. The summed E-state index contributed by atoms with van der Waals surface area (Å²) < 4.78 is 9.90. The van der Waals surface area contributed by atoms with Crippen molar-refractivity contribution >= 4 is 23.7 Å². The summed E-state index contributed by atoms with van der Waals surface area (Å²) in [5, 5.41) is 2.63. The SMILES string of the molecule is COC(=O)/C(=C\c1ccc(OC)cc1)C(=O)[C@H](Cc1ccccc1)NC(C)=O. The van der Waals surface area contributed by atoms with Crippen molar-refractivity contribution in [2.24, 2.45) is 0 Å². The van der Waals surface area contributed by atoms with Crippen LogP contribution in [0.1, 0.15) is 18.1 Å². The molecular weight excluding hydrogens is 358 g/mol. The molecule has 0 unspecified atom stereocenters. The molecule has 28 heavy (non-hydrogen) atoms. The number of ketones is 1. The van der Waals surface area contributed by atoms with Crippen molar-refractivity contribution in [2.45, 2.75) is 19.4 Å². The van der Waals surface area contributed by atoms with Crippen LogP contribution in [0.25, 0.3) is 6.08 Å². The van der Waals surface area contributed by atoms with Crippen LogP contribution < -0.4 is 10.1 Å². The smallest absolute Gasteiger partial charge is 0.341 e. The molecule has 0 heterocycles. The summed E-state index contributed by atoms with van der Waals surface area (Å²) >= 11 is 0. The predicted molar refractivity (Wildman–Crippen MR) is 106 cm³/mol. The van der Waals surface area contributed by atoms with E-state index < -0.39 is 17.8 Å². The maximum absolute atomic E-state index is 13.1. The van der Waals surface area contributed by atoms with Crippen molar-refractivity contribution in [3.05, 3.63) is 71.3 Å². The van der Waals surface area contributed by atoms with Crippen LogP contribution in [-0.2, 0) is 25.5 Å². The Morgan fingerprint density at radius 2 is 1.64 bits per heavy atom. The molecule has 0 saturated carbocycles. The number of amides is 1. The third-order valence-corrected chi connectivity index (χ3v) is 4.07. The van der Waals surface area contributed by atoms with E-state index in [4.69, 9.17) is 9.47 Å². The second-order valence-electron chi connectivity index (χ2n) is 6.13. The third kappa shape index (κ3) is 5.81. The van der Waals surface area contributed by atoms with Gasteiger partial charge in [0.1, 0.15) is 11.3 Å². The summed E-state index contributed by atoms with van der Waals surface area (Å²) in [5.74, 6) is -0.975. The number of benzene rings is 2.